The average Bonchev–Trinajstić information content (AvgIpc) is 3.15. The van der Waals surface area contributed by atoms with Gasteiger partial charge < -0.3 is 19.7 Å². The first-order valence-corrected chi connectivity index (χ1v) is 6.39. The van der Waals surface area contributed by atoms with Gasteiger partial charge in [0, 0.05) is 16.8 Å². The van der Waals surface area contributed by atoms with Gasteiger partial charge in [-0.2, -0.15) is 4.98 Å². The highest BCUT2D eigenvalue weighted by molar-refractivity contribution is 5.65. The zero-order valence-corrected chi connectivity index (χ0v) is 10.9. The van der Waals surface area contributed by atoms with Gasteiger partial charge in [0.15, 0.2) is 11.5 Å². The Bertz CT molecular complexity index is 813. The predicted molar refractivity (Wildman–Crippen MR) is 75.7 cm³/mol. The number of ether oxygens (including phenoxy) is 2. The van der Waals surface area contributed by atoms with Crippen LogP contribution in [0.25, 0.3) is 22.8 Å². The van der Waals surface area contributed by atoms with Crippen LogP contribution >= 0.6 is 0 Å². The van der Waals surface area contributed by atoms with Crippen molar-refractivity contribution < 1.29 is 14.0 Å². The highest BCUT2D eigenvalue weighted by Crippen LogP contribution is 2.35. The number of rotatable bonds is 2. The summed E-state index contributed by atoms with van der Waals surface area (Å²) in [7, 11) is 0. The highest BCUT2D eigenvalue weighted by atomic mass is 16.7. The van der Waals surface area contributed by atoms with Crippen molar-refractivity contribution in [2.75, 3.05) is 12.5 Å². The van der Waals surface area contributed by atoms with Gasteiger partial charge in [-0.3, -0.25) is 0 Å². The van der Waals surface area contributed by atoms with Gasteiger partial charge in [0.2, 0.25) is 12.6 Å². The fourth-order valence-corrected chi connectivity index (χ4v) is 2.17. The van der Waals surface area contributed by atoms with Crippen LogP contribution in [0.5, 0.6) is 11.5 Å². The summed E-state index contributed by atoms with van der Waals surface area (Å²) in [6, 6.07) is 12.8. The minimum atomic E-state index is 0.233. The first-order chi connectivity index (χ1) is 10.3. The van der Waals surface area contributed by atoms with Crippen molar-refractivity contribution in [1.29, 1.82) is 0 Å². The van der Waals surface area contributed by atoms with Crippen molar-refractivity contribution >= 4 is 5.69 Å². The number of fused-ring (bicyclic) bond motifs is 1. The standard InChI is InChI=1S/C15H11N3O3/c16-11-3-1-2-9(6-11)14-17-15(21-18-14)10-4-5-12-13(7-10)20-8-19-12/h1-7H,8,16H2. The SMILES string of the molecule is Nc1cccc(-c2noc(-c3ccc4c(c3)OCO4)n2)c1. The maximum absolute atomic E-state index is 5.76. The number of nitrogens with zero attached hydrogens (tertiary/aromatic N) is 2. The smallest absolute Gasteiger partial charge is 0.258 e. The first-order valence-electron chi connectivity index (χ1n) is 6.39. The fourth-order valence-electron chi connectivity index (χ4n) is 2.17. The van der Waals surface area contributed by atoms with Gasteiger partial charge in [-0.25, -0.2) is 0 Å². The second kappa shape index (κ2) is 4.52. The minimum Gasteiger partial charge on any atom is -0.454 e. The van der Waals surface area contributed by atoms with E-state index in [1.54, 1.807) is 6.07 Å². The zero-order chi connectivity index (χ0) is 14.2. The molecule has 21 heavy (non-hydrogen) atoms. The molecule has 0 unspecified atom stereocenters. The molecule has 1 aliphatic rings. The Labute approximate surface area is 120 Å². The number of nitrogens with two attached hydrogens (primary N) is 1. The molecular formula is C15H11N3O3. The van der Waals surface area contributed by atoms with Gasteiger partial charge in [-0.1, -0.05) is 17.3 Å². The summed E-state index contributed by atoms with van der Waals surface area (Å²) >= 11 is 0. The molecule has 6 nitrogen and oxygen atoms in total. The van der Waals surface area contributed by atoms with E-state index in [0.29, 0.717) is 28.9 Å². The van der Waals surface area contributed by atoms with Crippen LogP contribution in [0.3, 0.4) is 0 Å². The van der Waals surface area contributed by atoms with E-state index in [2.05, 4.69) is 10.1 Å². The molecule has 2 heterocycles. The van der Waals surface area contributed by atoms with Gasteiger partial charge in [0.1, 0.15) is 0 Å². The van der Waals surface area contributed by atoms with Crippen molar-refractivity contribution in [1.82, 2.24) is 10.1 Å². The first kappa shape index (κ1) is 11.8. The number of nitrogen functional groups attached to an aromatic ring is 1. The van der Waals surface area contributed by atoms with E-state index < -0.39 is 0 Å². The van der Waals surface area contributed by atoms with Crippen molar-refractivity contribution in [3.63, 3.8) is 0 Å². The van der Waals surface area contributed by atoms with Gasteiger partial charge >= 0.3 is 0 Å². The predicted octanol–water partition coefficient (Wildman–Crippen LogP) is 2.71. The Morgan fingerprint density at radius 3 is 2.76 bits per heavy atom. The van der Waals surface area contributed by atoms with Crippen LogP contribution in [0.15, 0.2) is 47.0 Å². The molecular weight excluding hydrogens is 270 g/mol. The summed E-state index contributed by atoms with van der Waals surface area (Å²) in [4.78, 5) is 4.39. The Kier molecular flexibility index (Phi) is 2.53. The topological polar surface area (TPSA) is 83.4 Å². The Morgan fingerprint density at radius 1 is 0.952 bits per heavy atom. The molecule has 0 saturated carbocycles. The third-order valence-electron chi connectivity index (χ3n) is 3.19. The van der Waals surface area contributed by atoms with Crippen molar-refractivity contribution in [2.24, 2.45) is 0 Å². The molecule has 2 N–H and O–H groups in total. The molecule has 0 spiro atoms. The number of hydrogen-bond acceptors (Lipinski definition) is 6. The summed E-state index contributed by atoms with van der Waals surface area (Å²) in [5.41, 5.74) is 8.00. The lowest BCUT2D eigenvalue weighted by Crippen LogP contribution is -1.92. The monoisotopic (exact) mass is 281 g/mol. The van der Waals surface area contributed by atoms with Gasteiger partial charge in [0.25, 0.3) is 5.89 Å². The van der Waals surface area contributed by atoms with E-state index in [1.807, 2.05) is 36.4 Å². The van der Waals surface area contributed by atoms with E-state index in [-0.39, 0.29) is 6.79 Å². The molecule has 1 aliphatic heterocycles. The van der Waals surface area contributed by atoms with Gasteiger partial charge in [0.05, 0.1) is 0 Å². The zero-order valence-electron chi connectivity index (χ0n) is 10.9. The molecule has 3 aromatic rings. The molecule has 0 atom stereocenters. The molecule has 4 rings (SSSR count). The molecule has 0 bridgehead atoms. The maximum Gasteiger partial charge on any atom is 0.258 e. The van der Waals surface area contributed by atoms with Crippen LogP contribution in [0, 0.1) is 0 Å². The second-order valence-electron chi connectivity index (χ2n) is 4.62. The summed E-state index contributed by atoms with van der Waals surface area (Å²) in [5.74, 6) is 2.31. The normalized spacial score (nSPS) is 12.6. The van der Waals surface area contributed by atoms with Crippen molar-refractivity contribution in [3.8, 4) is 34.3 Å². The van der Waals surface area contributed by atoms with E-state index in [9.17, 15) is 0 Å². The molecule has 0 fully saturated rings. The largest absolute Gasteiger partial charge is 0.454 e. The quantitative estimate of drug-likeness (QED) is 0.727. The third-order valence-corrected chi connectivity index (χ3v) is 3.19. The molecule has 1 aromatic heterocycles. The molecule has 104 valence electrons. The van der Waals surface area contributed by atoms with Crippen LogP contribution in [-0.2, 0) is 0 Å². The van der Waals surface area contributed by atoms with Crippen molar-refractivity contribution in [3.05, 3.63) is 42.5 Å². The Hall–Kier alpha value is -3.02. The van der Waals surface area contributed by atoms with Gasteiger partial charge in [-0.15, -0.1) is 0 Å². The molecule has 6 heteroatoms. The summed E-state index contributed by atoms with van der Waals surface area (Å²) < 4.78 is 15.9. The van der Waals surface area contributed by atoms with Crippen LogP contribution in [0.1, 0.15) is 0 Å². The summed E-state index contributed by atoms with van der Waals surface area (Å²) in [6.45, 7) is 0.233. The average molecular weight is 281 g/mol. The van der Waals surface area contributed by atoms with Crippen molar-refractivity contribution in [2.45, 2.75) is 0 Å². The van der Waals surface area contributed by atoms with Gasteiger partial charge in [-0.05, 0) is 30.3 Å². The lowest BCUT2D eigenvalue weighted by atomic mass is 10.2. The number of hydrogen-bond donors (Lipinski definition) is 1. The lowest BCUT2D eigenvalue weighted by Gasteiger charge is -1.97. The second-order valence-corrected chi connectivity index (χ2v) is 4.62. The number of aromatic nitrogens is 2. The maximum atomic E-state index is 5.76. The lowest BCUT2D eigenvalue weighted by molar-refractivity contribution is 0.174. The highest BCUT2D eigenvalue weighted by Gasteiger charge is 2.17. The Balaban J connectivity index is 1.71. The number of benzene rings is 2. The molecule has 2 aromatic carbocycles. The van der Waals surface area contributed by atoms with Crippen LogP contribution in [-0.4, -0.2) is 16.9 Å². The van der Waals surface area contributed by atoms with Crippen LogP contribution in [0.4, 0.5) is 5.69 Å². The molecule has 0 aliphatic carbocycles. The Morgan fingerprint density at radius 2 is 1.86 bits per heavy atom. The molecule has 0 amide bonds. The summed E-state index contributed by atoms with van der Waals surface area (Å²) in [6.07, 6.45) is 0. The van der Waals surface area contributed by atoms with E-state index in [1.165, 1.54) is 0 Å². The van der Waals surface area contributed by atoms with E-state index in [4.69, 9.17) is 19.7 Å². The van der Waals surface area contributed by atoms with Crippen LogP contribution < -0.4 is 15.2 Å². The molecule has 0 radical (unpaired) electrons. The summed E-state index contributed by atoms with van der Waals surface area (Å²) in [5, 5.41) is 3.98. The minimum absolute atomic E-state index is 0.233. The number of anilines is 1. The van der Waals surface area contributed by atoms with E-state index in [0.717, 1.165) is 11.1 Å². The molecule has 0 saturated heterocycles. The third kappa shape index (κ3) is 2.06. The van der Waals surface area contributed by atoms with Crippen LogP contribution in [0.2, 0.25) is 0 Å². The van der Waals surface area contributed by atoms with E-state index >= 15 is 0 Å². The fraction of sp³-hybridized carbons (Fsp3) is 0.0667.